The molecule has 0 bridgehead atoms. The number of hydrogen-bond acceptors (Lipinski definition) is 5. The van der Waals surface area contributed by atoms with E-state index in [1.807, 2.05) is 0 Å². The quantitative estimate of drug-likeness (QED) is 0.0771. The molecule has 1 aromatic carbocycles. The maximum absolute atomic E-state index is 12.3. The third-order valence-electron chi connectivity index (χ3n) is 7.04. The Labute approximate surface area is 234 Å². The molecule has 0 aliphatic rings. The van der Waals surface area contributed by atoms with Crippen molar-refractivity contribution < 1.29 is 24.9 Å². The number of phenols is 2. The molecule has 0 fully saturated rings. The van der Waals surface area contributed by atoms with Crippen molar-refractivity contribution >= 4 is 23.6 Å². The molecule has 3 atom stereocenters. The summed E-state index contributed by atoms with van der Waals surface area (Å²) in [5, 5.41) is 31.0. The number of allylic oxidation sites excluding steroid dienone is 1. The Hall–Kier alpha value is -2.15. The summed E-state index contributed by atoms with van der Waals surface area (Å²) in [6.07, 6.45) is 13.8. The van der Waals surface area contributed by atoms with Crippen molar-refractivity contribution in [2.24, 2.45) is 17.8 Å². The first kappa shape index (κ1) is 33.9. The zero-order chi connectivity index (χ0) is 28.5. The van der Waals surface area contributed by atoms with Crippen LogP contribution in [0, 0.1) is 17.8 Å². The molecule has 6 nitrogen and oxygen atoms in total. The number of carboxylic acid groups (broad SMARTS) is 1. The first-order valence-corrected chi connectivity index (χ1v) is 15.4. The van der Waals surface area contributed by atoms with E-state index in [0.717, 1.165) is 24.2 Å². The van der Waals surface area contributed by atoms with Crippen LogP contribution in [0.3, 0.4) is 0 Å². The number of carbonyl (C=O) groups excluding carboxylic acids is 1. The van der Waals surface area contributed by atoms with E-state index in [2.05, 4.69) is 46.0 Å². The number of amides is 1. The minimum absolute atomic E-state index is 0.0222. The highest BCUT2D eigenvalue weighted by Gasteiger charge is 2.21. The summed E-state index contributed by atoms with van der Waals surface area (Å²) in [6.45, 7) is 11.5. The largest absolute Gasteiger partial charge is 0.504 e. The Bertz CT molecular complexity index is 870. The molecule has 1 aromatic rings. The standard InChI is InChI=1S/C31H51NO5S/c1-22(2)9-6-10-23(3)11-7-12-24(4)13-8-14-25(5)17-18-38-21-30(35)32-27(31(36)37)19-26-15-16-28(33)29(34)20-26/h15-17,20,22-24,27,33-34H,6-14,18-19,21H2,1-5H3,(H,32,35)(H,36,37)/b25-17+. The third-order valence-corrected chi connectivity index (χ3v) is 7.90. The number of carboxylic acids is 1. The minimum atomic E-state index is -1.14. The summed E-state index contributed by atoms with van der Waals surface area (Å²) in [6, 6.07) is 3.03. The second-order valence-electron chi connectivity index (χ2n) is 11.4. The zero-order valence-electron chi connectivity index (χ0n) is 24.2. The molecule has 4 N–H and O–H groups in total. The van der Waals surface area contributed by atoms with Crippen LogP contribution >= 0.6 is 11.8 Å². The second-order valence-corrected chi connectivity index (χ2v) is 12.4. The molecule has 0 saturated carbocycles. The number of aromatic hydroxyl groups is 2. The van der Waals surface area contributed by atoms with Gasteiger partial charge < -0.3 is 20.6 Å². The number of aliphatic carboxylic acids is 1. The lowest BCUT2D eigenvalue weighted by Gasteiger charge is -2.15. The predicted molar refractivity (Wildman–Crippen MR) is 159 cm³/mol. The molecule has 0 spiro atoms. The van der Waals surface area contributed by atoms with E-state index in [-0.39, 0.29) is 29.6 Å². The number of benzene rings is 1. The highest BCUT2D eigenvalue weighted by Crippen LogP contribution is 2.25. The third kappa shape index (κ3) is 16.0. The van der Waals surface area contributed by atoms with E-state index in [1.54, 1.807) is 0 Å². The van der Waals surface area contributed by atoms with Crippen molar-refractivity contribution in [1.82, 2.24) is 5.32 Å². The fraction of sp³-hybridized carbons (Fsp3) is 0.677. The molecule has 3 unspecified atom stereocenters. The Kier molecular flexibility index (Phi) is 16.9. The minimum Gasteiger partial charge on any atom is -0.504 e. The van der Waals surface area contributed by atoms with Gasteiger partial charge in [0.2, 0.25) is 5.91 Å². The number of hydrogen-bond donors (Lipinski definition) is 4. The Morgan fingerprint density at radius 1 is 0.921 bits per heavy atom. The van der Waals surface area contributed by atoms with Crippen LogP contribution in [0.25, 0.3) is 0 Å². The van der Waals surface area contributed by atoms with Crippen LogP contribution in [-0.2, 0) is 16.0 Å². The van der Waals surface area contributed by atoms with Crippen molar-refractivity contribution in [1.29, 1.82) is 0 Å². The Balaban J connectivity index is 2.21. The van der Waals surface area contributed by atoms with Gasteiger partial charge in [0.05, 0.1) is 5.75 Å². The van der Waals surface area contributed by atoms with E-state index >= 15 is 0 Å². The van der Waals surface area contributed by atoms with Gasteiger partial charge in [0.25, 0.3) is 0 Å². The molecule has 0 aliphatic heterocycles. The molecule has 1 rings (SSSR count). The van der Waals surface area contributed by atoms with Crippen molar-refractivity contribution in [3.63, 3.8) is 0 Å². The molecule has 0 aromatic heterocycles. The van der Waals surface area contributed by atoms with Gasteiger partial charge in [0, 0.05) is 12.2 Å². The van der Waals surface area contributed by atoms with Crippen molar-refractivity contribution in [2.75, 3.05) is 11.5 Å². The number of rotatable bonds is 20. The molecule has 7 heteroatoms. The predicted octanol–water partition coefficient (Wildman–Crippen LogP) is 7.33. The lowest BCUT2D eigenvalue weighted by molar-refractivity contribution is -0.141. The van der Waals surface area contributed by atoms with Gasteiger partial charge in [-0.3, -0.25) is 4.79 Å². The number of carbonyl (C=O) groups is 2. The SMILES string of the molecule is C/C(=C\CSCC(=O)NC(Cc1ccc(O)c(O)c1)C(=O)O)CCCC(C)CCCC(C)CCCC(C)C. The van der Waals surface area contributed by atoms with E-state index in [9.17, 15) is 24.9 Å². The molecule has 0 aliphatic carbocycles. The van der Waals surface area contributed by atoms with Gasteiger partial charge in [0.1, 0.15) is 6.04 Å². The smallest absolute Gasteiger partial charge is 0.326 e. The topological polar surface area (TPSA) is 107 Å². The monoisotopic (exact) mass is 549 g/mol. The van der Waals surface area contributed by atoms with E-state index in [1.165, 1.54) is 86.9 Å². The van der Waals surface area contributed by atoms with Crippen LogP contribution in [0.5, 0.6) is 11.5 Å². The first-order valence-electron chi connectivity index (χ1n) is 14.2. The van der Waals surface area contributed by atoms with Gasteiger partial charge in [-0.05, 0) is 55.2 Å². The maximum atomic E-state index is 12.3. The first-order chi connectivity index (χ1) is 18.0. The summed E-state index contributed by atoms with van der Waals surface area (Å²) in [5.74, 6) is 1.25. The molecule has 0 radical (unpaired) electrons. The molecule has 216 valence electrons. The van der Waals surface area contributed by atoms with Crippen LogP contribution in [0.2, 0.25) is 0 Å². The summed E-state index contributed by atoms with van der Waals surface area (Å²) in [4.78, 5) is 23.8. The molecular formula is C31H51NO5S. The van der Waals surface area contributed by atoms with Gasteiger partial charge in [-0.15, -0.1) is 11.8 Å². The average molecular weight is 550 g/mol. The number of phenolic OH excluding ortho intramolecular Hbond substituents is 2. The molecule has 38 heavy (non-hydrogen) atoms. The van der Waals surface area contributed by atoms with Crippen LogP contribution in [-0.4, -0.2) is 44.7 Å². The van der Waals surface area contributed by atoms with Crippen molar-refractivity contribution in [2.45, 2.75) is 105 Å². The highest BCUT2D eigenvalue weighted by molar-refractivity contribution is 8.00. The van der Waals surface area contributed by atoms with Crippen LogP contribution < -0.4 is 5.32 Å². The van der Waals surface area contributed by atoms with Crippen LogP contribution in [0.1, 0.15) is 98.0 Å². The van der Waals surface area contributed by atoms with Gasteiger partial charge in [-0.2, -0.15) is 0 Å². The average Bonchev–Trinajstić information content (AvgIpc) is 2.83. The Morgan fingerprint density at radius 3 is 2.11 bits per heavy atom. The van der Waals surface area contributed by atoms with E-state index in [0.29, 0.717) is 11.3 Å². The molecular weight excluding hydrogens is 498 g/mol. The zero-order valence-corrected chi connectivity index (χ0v) is 25.0. The normalized spacial score (nSPS) is 14.3. The van der Waals surface area contributed by atoms with Gasteiger partial charge in [-0.1, -0.05) is 90.4 Å². The molecule has 0 saturated heterocycles. The molecule has 0 heterocycles. The second kappa shape index (κ2) is 19.0. The molecule has 1 amide bonds. The van der Waals surface area contributed by atoms with Gasteiger partial charge in [-0.25, -0.2) is 4.79 Å². The highest BCUT2D eigenvalue weighted by atomic mass is 32.2. The van der Waals surface area contributed by atoms with Crippen molar-refractivity contribution in [3.8, 4) is 11.5 Å². The number of thioether (sulfide) groups is 1. The van der Waals surface area contributed by atoms with E-state index < -0.39 is 12.0 Å². The summed E-state index contributed by atoms with van der Waals surface area (Å²) >= 11 is 1.46. The number of nitrogens with one attached hydrogen (secondary N) is 1. The van der Waals surface area contributed by atoms with Crippen molar-refractivity contribution in [3.05, 3.63) is 35.4 Å². The fourth-order valence-corrected chi connectivity index (χ4v) is 5.32. The maximum Gasteiger partial charge on any atom is 0.326 e. The van der Waals surface area contributed by atoms with Gasteiger partial charge >= 0.3 is 5.97 Å². The lowest BCUT2D eigenvalue weighted by Crippen LogP contribution is -2.43. The Morgan fingerprint density at radius 2 is 1.53 bits per heavy atom. The summed E-state index contributed by atoms with van der Waals surface area (Å²) in [5.41, 5.74) is 1.85. The van der Waals surface area contributed by atoms with Crippen LogP contribution in [0.4, 0.5) is 0 Å². The fourth-order valence-electron chi connectivity index (χ4n) is 4.53. The summed E-state index contributed by atoms with van der Waals surface area (Å²) < 4.78 is 0. The summed E-state index contributed by atoms with van der Waals surface area (Å²) in [7, 11) is 0. The van der Waals surface area contributed by atoms with E-state index in [4.69, 9.17) is 0 Å². The lowest BCUT2D eigenvalue weighted by atomic mass is 9.91. The van der Waals surface area contributed by atoms with Gasteiger partial charge in [0.15, 0.2) is 11.5 Å². The van der Waals surface area contributed by atoms with Crippen LogP contribution in [0.15, 0.2) is 29.8 Å².